The van der Waals surface area contributed by atoms with Gasteiger partial charge in [0.2, 0.25) is 5.91 Å². The third-order valence-corrected chi connectivity index (χ3v) is 5.42. The molecule has 1 aliphatic carbocycles. The van der Waals surface area contributed by atoms with Crippen molar-refractivity contribution in [3.63, 3.8) is 0 Å². The van der Waals surface area contributed by atoms with E-state index in [2.05, 4.69) is 19.0 Å². The molecule has 2 aliphatic rings. The van der Waals surface area contributed by atoms with Crippen molar-refractivity contribution in [2.24, 2.45) is 28.1 Å². The summed E-state index contributed by atoms with van der Waals surface area (Å²) in [4.78, 5) is 15.1. The zero-order valence-electron chi connectivity index (χ0n) is 13.3. The number of amidine groups is 1. The number of oxime groups is 1. The van der Waals surface area contributed by atoms with Gasteiger partial charge in [0.05, 0.1) is 0 Å². The zero-order chi connectivity index (χ0) is 15.5. The number of carbonyl (C=O) groups excluding carboxylic acids is 1. The number of hydrogen-bond donors (Lipinski definition) is 2. The molecule has 0 radical (unpaired) electrons. The number of nitrogens with zero attached hydrogens (tertiary/aromatic N) is 2. The molecule has 0 aromatic carbocycles. The number of likely N-dealkylation sites (tertiary alicyclic amines) is 1. The molecule has 5 heteroatoms. The van der Waals surface area contributed by atoms with Gasteiger partial charge in [-0.1, -0.05) is 44.7 Å². The maximum absolute atomic E-state index is 13.1. The lowest BCUT2D eigenvalue weighted by molar-refractivity contribution is -0.138. The Balaban J connectivity index is 2.19. The minimum Gasteiger partial charge on any atom is -0.409 e. The van der Waals surface area contributed by atoms with Crippen LogP contribution in [0.2, 0.25) is 0 Å². The van der Waals surface area contributed by atoms with Crippen molar-refractivity contribution >= 4 is 11.7 Å². The van der Waals surface area contributed by atoms with E-state index in [-0.39, 0.29) is 11.7 Å². The molecule has 0 spiro atoms. The van der Waals surface area contributed by atoms with Crippen LogP contribution in [0.15, 0.2) is 5.16 Å². The second-order valence-electron chi connectivity index (χ2n) is 7.03. The van der Waals surface area contributed by atoms with Crippen LogP contribution in [0, 0.1) is 17.3 Å². The highest BCUT2D eigenvalue weighted by Crippen LogP contribution is 2.39. The number of amides is 1. The van der Waals surface area contributed by atoms with Crippen LogP contribution in [0.5, 0.6) is 0 Å². The van der Waals surface area contributed by atoms with E-state index >= 15 is 0 Å². The van der Waals surface area contributed by atoms with E-state index in [0.29, 0.717) is 24.7 Å². The Morgan fingerprint density at radius 1 is 1.29 bits per heavy atom. The van der Waals surface area contributed by atoms with Crippen LogP contribution in [-0.2, 0) is 4.79 Å². The zero-order valence-corrected chi connectivity index (χ0v) is 13.3. The van der Waals surface area contributed by atoms with Crippen LogP contribution >= 0.6 is 0 Å². The molecule has 5 nitrogen and oxygen atoms in total. The highest BCUT2D eigenvalue weighted by molar-refractivity contribution is 6.06. The molecular formula is C16H29N3O2. The Hall–Kier alpha value is -1.26. The van der Waals surface area contributed by atoms with Gasteiger partial charge in [-0.3, -0.25) is 4.79 Å². The lowest BCUT2D eigenvalue weighted by Crippen LogP contribution is -2.50. The summed E-state index contributed by atoms with van der Waals surface area (Å²) < 4.78 is 0. The molecule has 120 valence electrons. The van der Waals surface area contributed by atoms with Gasteiger partial charge in [-0.2, -0.15) is 0 Å². The van der Waals surface area contributed by atoms with E-state index in [4.69, 9.17) is 10.9 Å². The first-order valence-corrected chi connectivity index (χ1v) is 8.28. The van der Waals surface area contributed by atoms with Gasteiger partial charge in [0.1, 0.15) is 5.41 Å². The fraction of sp³-hybridized carbons (Fsp3) is 0.875. The van der Waals surface area contributed by atoms with Crippen molar-refractivity contribution in [1.29, 1.82) is 0 Å². The average molecular weight is 295 g/mol. The molecule has 0 aromatic rings. The third-order valence-electron chi connectivity index (χ3n) is 5.42. The predicted molar refractivity (Wildman–Crippen MR) is 83.1 cm³/mol. The quantitative estimate of drug-likeness (QED) is 0.276. The van der Waals surface area contributed by atoms with Gasteiger partial charge < -0.3 is 15.8 Å². The summed E-state index contributed by atoms with van der Waals surface area (Å²) in [7, 11) is 0. The summed E-state index contributed by atoms with van der Waals surface area (Å²) in [5.74, 6) is 1.37. The van der Waals surface area contributed by atoms with Gasteiger partial charge >= 0.3 is 0 Å². The number of carbonyl (C=O) groups is 1. The molecule has 1 saturated carbocycles. The molecule has 21 heavy (non-hydrogen) atoms. The summed E-state index contributed by atoms with van der Waals surface area (Å²) >= 11 is 0. The number of nitrogens with two attached hydrogens (primary N) is 1. The van der Waals surface area contributed by atoms with Gasteiger partial charge in [0, 0.05) is 13.1 Å². The Bertz CT molecular complexity index is 398. The molecule has 1 heterocycles. The smallest absolute Gasteiger partial charge is 0.236 e. The van der Waals surface area contributed by atoms with Crippen LogP contribution in [-0.4, -0.2) is 34.9 Å². The maximum Gasteiger partial charge on any atom is 0.236 e. The van der Waals surface area contributed by atoms with Crippen molar-refractivity contribution in [2.45, 2.75) is 58.8 Å². The Labute approximate surface area is 127 Å². The minimum atomic E-state index is -0.767. The minimum absolute atomic E-state index is 0.0860. The molecule has 0 aromatic heterocycles. The molecule has 1 unspecified atom stereocenters. The Kier molecular flexibility index (Phi) is 5.12. The van der Waals surface area contributed by atoms with E-state index in [1.165, 1.54) is 0 Å². The lowest BCUT2D eigenvalue weighted by atomic mass is 9.77. The summed E-state index contributed by atoms with van der Waals surface area (Å²) in [5.41, 5.74) is 5.20. The van der Waals surface area contributed by atoms with E-state index in [1.54, 1.807) is 0 Å². The molecular weight excluding hydrogens is 266 g/mol. The maximum atomic E-state index is 13.1. The molecule has 2 fully saturated rings. The largest absolute Gasteiger partial charge is 0.409 e. The second kappa shape index (κ2) is 6.67. The van der Waals surface area contributed by atoms with Gasteiger partial charge in [0.15, 0.2) is 5.84 Å². The molecule has 1 amide bonds. The van der Waals surface area contributed by atoms with Crippen LogP contribution in [0.1, 0.15) is 58.8 Å². The van der Waals surface area contributed by atoms with Crippen LogP contribution in [0.3, 0.4) is 0 Å². The van der Waals surface area contributed by atoms with Gasteiger partial charge in [-0.05, 0) is 31.1 Å². The first-order valence-electron chi connectivity index (χ1n) is 8.28. The third kappa shape index (κ3) is 3.16. The standard InChI is InChI=1S/C16H29N3O2/c1-12(2)13-7-10-19(11-13)15(20)16(14(17)18-21)8-5-3-4-6-9-16/h12-13,21H,3-11H2,1-2H3,(H2,17,18). The fourth-order valence-electron chi connectivity index (χ4n) is 3.83. The molecule has 1 atom stereocenters. The van der Waals surface area contributed by atoms with Crippen LogP contribution in [0.25, 0.3) is 0 Å². The van der Waals surface area contributed by atoms with Crippen LogP contribution < -0.4 is 5.73 Å². The first-order chi connectivity index (χ1) is 10.0. The SMILES string of the molecule is CC(C)C1CCN(C(=O)C2(C(N)=NO)CCCCCC2)C1. The molecule has 1 saturated heterocycles. The molecule has 0 bridgehead atoms. The van der Waals surface area contributed by atoms with Crippen LogP contribution in [0.4, 0.5) is 0 Å². The monoisotopic (exact) mass is 295 g/mol. The highest BCUT2D eigenvalue weighted by atomic mass is 16.4. The van der Waals surface area contributed by atoms with Crippen molar-refractivity contribution in [3.8, 4) is 0 Å². The highest BCUT2D eigenvalue weighted by Gasteiger charge is 2.46. The summed E-state index contributed by atoms with van der Waals surface area (Å²) in [6.07, 6.45) is 6.70. The van der Waals surface area contributed by atoms with Gasteiger partial charge in [-0.25, -0.2) is 0 Å². The lowest BCUT2D eigenvalue weighted by Gasteiger charge is -2.34. The summed E-state index contributed by atoms with van der Waals surface area (Å²) in [5, 5.41) is 12.4. The van der Waals surface area contributed by atoms with Gasteiger partial charge in [0.25, 0.3) is 0 Å². The first kappa shape index (κ1) is 16.1. The number of hydrogen-bond acceptors (Lipinski definition) is 3. The predicted octanol–water partition coefficient (Wildman–Crippen LogP) is 2.58. The van der Waals surface area contributed by atoms with Crippen molar-refractivity contribution in [2.75, 3.05) is 13.1 Å². The Morgan fingerprint density at radius 3 is 2.38 bits per heavy atom. The van der Waals surface area contributed by atoms with E-state index < -0.39 is 5.41 Å². The van der Waals surface area contributed by atoms with Gasteiger partial charge in [-0.15, -0.1) is 0 Å². The molecule has 2 rings (SSSR count). The second-order valence-corrected chi connectivity index (χ2v) is 7.03. The average Bonchev–Trinajstić information content (AvgIpc) is 2.84. The van der Waals surface area contributed by atoms with Crippen molar-refractivity contribution in [3.05, 3.63) is 0 Å². The molecule has 1 aliphatic heterocycles. The van der Waals surface area contributed by atoms with Crippen molar-refractivity contribution < 1.29 is 10.0 Å². The van der Waals surface area contributed by atoms with E-state index in [1.807, 2.05) is 4.90 Å². The van der Waals surface area contributed by atoms with E-state index in [0.717, 1.165) is 45.2 Å². The fourth-order valence-corrected chi connectivity index (χ4v) is 3.83. The van der Waals surface area contributed by atoms with E-state index in [9.17, 15) is 4.79 Å². The Morgan fingerprint density at radius 2 is 1.90 bits per heavy atom. The topological polar surface area (TPSA) is 78.9 Å². The molecule has 3 N–H and O–H groups in total. The number of rotatable bonds is 3. The summed E-state index contributed by atoms with van der Waals surface area (Å²) in [6.45, 7) is 6.05. The normalized spacial score (nSPS) is 26.9. The van der Waals surface area contributed by atoms with Crippen molar-refractivity contribution in [1.82, 2.24) is 4.90 Å². The summed E-state index contributed by atoms with van der Waals surface area (Å²) in [6, 6.07) is 0.